The number of aliphatic hydroxyl groups is 1. The molecule has 0 aromatic heterocycles. The van der Waals surface area contributed by atoms with Crippen molar-refractivity contribution < 1.29 is 18.6 Å². The average Bonchev–Trinajstić information content (AvgIpc) is 2.25. The maximum atomic E-state index is 13.6. The van der Waals surface area contributed by atoms with Gasteiger partial charge in [0.2, 0.25) is 0 Å². The van der Waals surface area contributed by atoms with Crippen LogP contribution in [0.4, 0.5) is 8.78 Å². The minimum Gasteiger partial charge on any atom is -0.387 e. The number of morpholine rings is 1. The third-order valence-electron chi connectivity index (χ3n) is 3.39. The van der Waals surface area contributed by atoms with Crippen molar-refractivity contribution in [2.75, 3.05) is 19.6 Å². The van der Waals surface area contributed by atoms with Gasteiger partial charge in [0, 0.05) is 31.3 Å². The van der Waals surface area contributed by atoms with E-state index >= 15 is 0 Å². The Labute approximate surface area is 118 Å². The summed E-state index contributed by atoms with van der Waals surface area (Å²) in [6, 6.07) is 3.25. The normalized spacial score (nSPS) is 24.6. The van der Waals surface area contributed by atoms with Crippen LogP contribution in [0.3, 0.4) is 0 Å². The largest absolute Gasteiger partial charge is 0.387 e. The first-order valence-electron chi connectivity index (χ1n) is 6.80. The van der Waals surface area contributed by atoms with Crippen molar-refractivity contribution >= 4 is 0 Å². The molecule has 5 heteroatoms. The fraction of sp³-hybridized carbons (Fsp3) is 0.600. The van der Waals surface area contributed by atoms with Crippen LogP contribution in [0.5, 0.6) is 0 Å². The highest BCUT2D eigenvalue weighted by atomic mass is 19.1. The van der Waals surface area contributed by atoms with Crippen LogP contribution in [0.2, 0.25) is 0 Å². The Kier molecular flexibility index (Phi) is 4.42. The Morgan fingerprint density at radius 2 is 2.15 bits per heavy atom. The summed E-state index contributed by atoms with van der Waals surface area (Å²) in [5.41, 5.74) is -0.165. The molecule has 0 bridgehead atoms. The highest BCUT2D eigenvalue weighted by Crippen LogP contribution is 2.24. The Morgan fingerprint density at radius 3 is 2.75 bits per heavy atom. The van der Waals surface area contributed by atoms with Gasteiger partial charge in [-0.1, -0.05) is 6.07 Å². The number of ether oxygens (including phenoxy) is 1. The first-order valence-corrected chi connectivity index (χ1v) is 6.80. The molecule has 1 aromatic rings. The van der Waals surface area contributed by atoms with Crippen LogP contribution < -0.4 is 0 Å². The number of hydrogen-bond donors (Lipinski definition) is 1. The lowest BCUT2D eigenvalue weighted by Crippen LogP contribution is -2.52. The first-order chi connectivity index (χ1) is 9.27. The van der Waals surface area contributed by atoms with E-state index < -0.39 is 17.7 Å². The fourth-order valence-electron chi connectivity index (χ4n) is 2.84. The minimum atomic E-state index is -0.975. The van der Waals surface area contributed by atoms with E-state index in [2.05, 4.69) is 0 Å². The van der Waals surface area contributed by atoms with Crippen LogP contribution >= 0.6 is 0 Å². The van der Waals surface area contributed by atoms with E-state index in [0.717, 1.165) is 12.1 Å². The van der Waals surface area contributed by atoms with E-state index in [0.29, 0.717) is 19.6 Å². The second kappa shape index (κ2) is 5.76. The predicted molar refractivity (Wildman–Crippen MR) is 72.4 cm³/mol. The molecular weight excluding hydrogens is 264 g/mol. The number of benzene rings is 1. The Bertz CT molecular complexity index is 479. The van der Waals surface area contributed by atoms with Gasteiger partial charge in [-0.05, 0) is 26.8 Å². The molecule has 0 spiro atoms. The summed E-state index contributed by atoms with van der Waals surface area (Å²) in [5.74, 6) is -1.35. The lowest BCUT2D eigenvalue weighted by atomic mass is 10.0. The minimum absolute atomic E-state index is 0.0593. The lowest BCUT2D eigenvalue weighted by Gasteiger charge is -2.42. The quantitative estimate of drug-likeness (QED) is 0.926. The lowest BCUT2D eigenvalue weighted by molar-refractivity contribution is -0.134. The van der Waals surface area contributed by atoms with Gasteiger partial charge in [-0.25, -0.2) is 8.78 Å². The van der Waals surface area contributed by atoms with E-state index in [4.69, 9.17) is 4.74 Å². The fourth-order valence-corrected chi connectivity index (χ4v) is 2.84. The molecule has 2 rings (SSSR count). The molecule has 0 aliphatic carbocycles. The molecule has 112 valence electrons. The molecule has 2 atom stereocenters. The molecule has 1 saturated heterocycles. The number of rotatable bonds is 3. The Morgan fingerprint density at radius 1 is 1.45 bits per heavy atom. The van der Waals surface area contributed by atoms with E-state index in [-0.39, 0.29) is 17.3 Å². The summed E-state index contributed by atoms with van der Waals surface area (Å²) in [7, 11) is 0. The second-order valence-electron chi connectivity index (χ2n) is 6.06. The average molecular weight is 285 g/mol. The molecule has 1 N–H and O–H groups in total. The Hall–Kier alpha value is -1.04. The van der Waals surface area contributed by atoms with Crippen LogP contribution in [0.15, 0.2) is 18.2 Å². The summed E-state index contributed by atoms with van der Waals surface area (Å²) < 4.78 is 32.3. The summed E-state index contributed by atoms with van der Waals surface area (Å²) in [5, 5.41) is 10.2. The zero-order chi connectivity index (χ0) is 14.9. The van der Waals surface area contributed by atoms with E-state index in [1.807, 2.05) is 25.7 Å². The number of β-amino-alcohol motifs (C(OH)–C–C–N with tert-alkyl or cyclic N) is 1. The molecule has 1 heterocycles. The van der Waals surface area contributed by atoms with Gasteiger partial charge in [-0.15, -0.1) is 0 Å². The van der Waals surface area contributed by atoms with Crippen LogP contribution in [0.25, 0.3) is 0 Å². The summed E-state index contributed by atoms with van der Waals surface area (Å²) in [6.07, 6.45) is -0.916. The third-order valence-corrected chi connectivity index (χ3v) is 3.39. The first kappa shape index (κ1) is 15.4. The number of nitrogens with zero attached hydrogens (tertiary/aromatic N) is 1. The molecule has 20 heavy (non-hydrogen) atoms. The zero-order valence-electron chi connectivity index (χ0n) is 12.1. The summed E-state index contributed by atoms with van der Waals surface area (Å²) in [6.45, 7) is 7.60. The van der Waals surface area contributed by atoms with Gasteiger partial charge < -0.3 is 9.84 Å². The predicted octanol–water partition coefficient (Wildman–Crippen LogP) is 2.50. The summed E-state index contributed by atoms with van der Waals surface area (Å²) in [4.78, 5) is 2.04. The standard InChI is InChI=1S/C15H21F2NO2/c1-10-7-18(9-15(2,3)20-10)8-14(19)12-5-4-11(16)6-13(12)17/h4-6,10,14,19H,7-9H2,1-3H3. The number of aliphatic hydroxyl groups excluding tert-OH is 1. The van der Waals surface area contributed by atoms with Crippen LogP contribution in [-0.2, 0) is 4.74 Å². The van der Waals surface area contributed by atoms with Crippen LogP contribution in [0, 0.1) is 11.6 Å². The van der Waals surface area contributed by atoms with E-state index in [1.165, 1.54) is 6.07 Å². The van der Waals surface area contributed by atoms with Gasteiger partial charge in [0.15, 0.2) is 0 Å². The molecule has 0 saturated carbocycles. The van der Waals surface area contributed by atoms with Crippen molar-refractivity contribution in [1.29, 1.82) is 0 Å². The molecule has 3 nitrogen and oxygen atoms in total. The van der Waals surface area contributed by atoms with Gasteiger partial charge in [0.25, 0.3) is 0 Å². The maximum Gasteiger partial charge on any atom is 0.131 e. The molecule has 0 amide bonds. The van der Waals surface area contributed by atoms with Crippen molar-refractivity contribution in [3.8, 4) is 0 Å². The van der Waals surface area contributed by atoms with Crippen molar-refractivity contribution in [1.82, 2.24) is 4.90 Å². The molecule has 1 fully saturated rings. The topological polar surface area (TPSA) is 32.7 Å². The van der Waals surface area contributed by atoms with Gasteiger partial charge in [0.1, 0.15) is 11.6 Å². The third kappa shape index (κ3) is 3.75. The Balaban J connectivity index is 2.05. The zero-order valence-corrected chi connectivity index (χ0v) is 12.1. The highest BCUT2D eigenvalue weighted by Gasteiger charge is 2.32. The SMILES string of the molecule is CC1CN(CC(O)c2ccc(F)cc2F)CC(C)(C)O1. The summed E-state index contributed by atoms with van der Waals surface area (Å²) >= 11 is 0. The van der Waals surface area contributed by atoms with Gasteiger partial charge in [-0.2, -0.15) is 0 Å². The smallest absolute Gasteiger partial charge is 0.131 e. The van der Waals surface area contributed by atoms with Crippen LogP contribution in [0.1, 0.15) is 32.4 Å². The molecular formula is C15H21F2NO2. The van der Waals surface area contributed by atoms with Gasteiger partial charge >= 0.3 is 0 Å². The van der Waals surface area contributed by atoms with Crippen molar-refractivity contribution in [3.63, 3.8) is 0 Å². The molecule has 1 aromatic carbocycles. The highest BCUT2D eigenvalue weighted by molar-refractivity contribution is 5.21. The molecule has 1 aliphatic heterocycles. The van der Waals surface area contributed by atoms with E-state index in [1.54, 1.807) is 0 Å². The second-order valence-corrected chi connectivity index (χ2v) is 6.06. The van der Waals surface area contributed by atoms with Crippen molar-refractivity contribution in [3.05, 3.63) is 35.4 Å². The monoisotopic (exact) mass is 285 g/mol. The molecule has 1 aliphatic rings. The number of hydrogen-bond acceptors (Lipinski definition) is 3. The van der Waals surface area contributed by atoms with Gasteiger partial charge in [-0.3, -0.25) is 4.90 Å². The van der Waals surface area contributed by atoms with Crippen molar-refractivity contribution in [2.45, 2.75) is 38.6 Å². The van der Waals surface area contributed by atoms with Crippen molar-refractivity contribution in [2.24, 2.45) is 0 Å². The molecule has 2 unspecified atom stereocenters. The van der Waals surface area contributed by atoms with E-state index in [9.17, 15) is 13.9 Å². The van der Waals surface area contributed by atoms with Crippen LogP contribution in [-0.4, -0.2) is 41.3 Å². The number of halogens is 2. The maximum absolute atomic E-state index is 13.6. The van der Waals surface area contributed by atoms with Gasteiger partial charge in [0.05, 0.1) is 17.8 Å². The molecule has 0 radical (unpaired) electrons.